The van der Waals surface area contributed by atoms with E-state index >= 15 is 0 Å². The Kier molecular flexibility index (Phi) is 4.96. The smallest absolute Gasteiger partial charge is 0.248 e. The molecule has 5 nitrogen and oxygen atoms in total. The van der Waals surface area contributed by atoms with Crippen LogP contribution in [0.25, 0.3) is 0 Å². The fraction of sp³-hybridized carbons (Fsp3) is 0.706. The summed E-state index contributed by atoms with van der Waals surface area (Å²) >= 11 is 0. The van der Waals surface area contributed by atoms with Crippen molar-refractivity contribution in [2.24, 2.45) is 5.92 Å². The third-order valence-corrected chi connectivity index (χ3v) is 4.89. The molecular formula is C17H24F2N4O. The quantitative estimate of drug-likeness (QED) is 0.921. The van der Waals surface area contributed by atoms with E-state index < -0.39 is 11.8 Å². The Morgan fingerprint density at radius 2 is 2.12 bits per heavy atom. The minimum absolute atomic E-state index is 0.0232. The van der Waals surface area contributed by atoms with E-state index in [-0.39, 0.29) is 24.8 Å². The van der Waals surface area contributed by atoms with Gasteiger partial charge in [-0.1, -0.05) is 0 Å². The molecule has 0 unspecified atom stereocenters. The van der Waals surface area contributed by atoms with E-state index in [9.17, 15) is 13.6 Å². The first-order valence-electron chi connectivity index (χ1n) is 8.66. The van der Waals surface area contributed by atoms with E-state index in [1.807, 2.05) is 19.1 Å². The summed E-state index contributed by atoms with van der Waals surface area (Å²) in [5.74, 6) is -2.70. The summed E-state index contributed by atoms with van der Waals surface area (Å²) in [5, 5.41) is 11.2. The Morgan fingerprint density at radius 1 is 1.29 bits per heavy atom. The van der Waals surface area contributed by atoms with Crippen LogP contribution in [0.5, 0.6) is 0 Å². The van der Waals surface area contributed by atoms with Crippen LogP contribution < -0.4 is 10.2 Å². The Balaban J connectivity index is 1.57. The Hall–Kier alpha value is -1.79. The second kappa shape index (κ2) is 6.99. The molecule has 24 heavy (non-hydrogen) atoms. The van der Waals surface area contributed by atoms with Crippen molar-refractivity contribution in [2.45, 2.75) is 57.4 Å². The van der Waals surface area contributed by atoms with Crippen molar-refractivity contribution in [1.29, 1.82) is 0 Å². The molecule has 0 radical (unpaired) electrons. The third kappa shape index (κ3) is 4.19. The SMILES string of the molecule is Cc1ccc(N2CCC[C@H](NC(=O)[C@@H]3CCCC(F)(F)C3)C2)nn1. The van der Waals surface area contributed by atoms with E-state index in [0.717, 1.165) is 30.9 Å². The van der Waals surface area contributed by atoms with Gasteiger partial charge in [0.25, 0.3) is 0 Å². The molecule has 2 heterocycles. The van der Waals surface area contributed by atoms with Crippen LogP contribution >= 0.6 is 0 Å². The monoisotopic (exact) mass is 338 g/mol. The molecule has 1 saturated carbocycles. The highest BCUT2D eigenvalue weighted by molar-refractivity contribution is 5.79. The van der Waals surface area contributed by atoms with Gasteiger partial charge in [0.2, 0.25) is 11.8 Å². The van der Waals surface area contributed by atoms with E-state index in [2.05, 4.69) is 20.4 Å². The molecule has 1 aliphatic heterocycles. The lowest BCUT2D eigenvalue weighted by Gasteiger charge is -2.35. The zero-order valence-electron chi connectivity index (χ0n) is 14.0. The average Bonchev–Trinajstić information content (AvgIpc) is 2.55. The second-order valence-corrected chi connectivity index (χ2v) is 6.98. The van der Waals surface area contributed by atoms with Crippen LogP contribution in [-0.2, 0) is 4.79 Å². The zero-order chi connectivity index (χ0) is 17.2. The number of alkyl halides is 2. The largest absolute Gasteiger partial charge is 0.353 e. The molecule has 1 aromatic rings. The van der Waals surface area contributed by atoms with Crippen molar-refractivity contribution in [3.8, 4) is 0 Å². The number of hydrogen-bond acceptors (Lipinski definition) is 4. The minimum Gasteiger partial charge on any atom is -0.353 e. The molecule has 2 fully saturated rings. The molecule has 0 spiro atoms. The lowest BCUT2D eigenvalue weighted by molar-refractivity contribution is -0.133. The number of carbonyl (C=O) groups excluding carboxylic acids is 1. The highest BCUT2D eigenvalue weighted by atomic mass is 19.3. The van der Waals surface area contributed by atoms with Crippen molar-refractivity contribution < 1.29 is 13.6 Å². The molecule has 1 aromatic heterocycles. The predicted molar refractivity (Wildman–Crippen MR) is 87.1 cm³/mol. The van der Waals surface area contributed by atoms with Crippen molar-refractivity contribution in [3.63, 3.8) is 0 Å². The summed E-state index contributed by atoms with van der Waals surface area (Å²) in [4.78, 5) is 14.4. The standard InChI is InChI=1S/C17H24F2N4O/c1-12-6-7-15(22-21-12)23-9-3-5-14(11-23)20-16(24)13-4-2-8-17(18,19)10-13/h6-7,13-14H,2-5,8-11H2,1H3,(H,20,24)/t13-,14+/m1/s1. The molecule has 0 aromatic carbocycles. The van der Waals surface area contributed by atoms with Gasteiger partial charge in [-0.05, 0) is 44.7 Å². The first-order valence-corrected chi connectivity index (χ1v) is 8.66. The Morgan fingerprint density at radius 3 is 2.83 bits per heavy atom. The van der Waals surface area contributed by atoms with Gasteiger partial charge < -0.3 is 10.2 Å². The summed E-state index contributed by atoms with van der Waals surface area (Å²) in [6.45, 7) is 3.40. The molecule has 1 N–H and O–H groups in total. The average molecular weight is 338 g/mol. The van der Waals surface area contributed by atoms with Gasteiger partial charge in [0.05, 0.1) is 5.69 Å². The number of rotatable bonds is 3. The molecular weight excluding hydrogens is 314 g/mol. The van der Waals surface area contributed by atoms with Crippen LogP contribution in [0.4, 0.5) is 14.6 Å². The number of piperidine rings is 1. The van der Waals surface area contributed by atoms with Gasteiger partial charge in [-0.15, -0.1) is 5.10 Å². The van der Waals surface area contributed by atoms with Crippen molar-refractivity contribution in [2.75, 3.05) is 18.0 Å². The molecule has 0 bridgehead atoms. The third-order valence-electron chi connectivity index (χ3n) is 4.89. The van der Waals surface area contributed by atoms with Crippen LogP contribution in [-0.4, -0.2) is 41.2 Å². The maximum absolute atomic E-state index is 13.5. The molecule has 132 valence electrons. The number of aromatic nitrogens is 2. The number of carbonyl (C=O) groups is 1. The topological polar surface area (TPSA) is 58.1 Å². The molecule has 2 aliphatic rings. The number of amides is 1. The minimum atomic E-state index is -2.70. The lowest BCUT2D eigenvalue weighted by Crippen LogP contribution is -2.50. The van der Waals surface area contributed by atoms with Crippen LogP contribution in [0.1, 0.15) is 44.2 Å². The molecule has 7 heteroatoms. The maximum atomic E-state index is 13.5. The molecule has 1 saturated heterocycles. The van der Waals surface area contributed by atoms with Gasteiger partial charge in [-0.25, -0.2) is 8.78 Å². The van der Waals surface area contributed by atoms with Gasteiger partial charge in [0.1, 0.15) is 0 Å². The normalized spacial score (nSPS) is 26.9. The summed E-state index contributed by atoms with van der Waals surface area (Å²) in [6, 6.07) is 3.81. The van der Waals surface area contributed by atoms with Crippen LogP contribution in [0.3, 0.4) is 0 Å². The summed E-state index contributed by atoms with van der Waals surface area (Å²) in [5.41, 5.74) is 0.860. The predicted octanol–water partition coefficient (Wildman–Crippen LogP) is 2.70. The molecule has 1 aliphatic carbocycles. The highest BCUT2D eigenvalue weighted by Gasteiger charge is 2.39. The highest BCUT2D eigenvalue weighted by Crippen LogP contribution is 2.36. The number of nitrogens with one attached hydrogen (secondary N) is 1. The molecule has 1 amide bonds. The first kappa shape index (κ1) is 17.0. The second-order valence-electron chi connectivity index (χ2n) is 6.98. The summed E-state index contributed by atoms with van der Waals surface area (Å²) < 4.78 is 27.0. The number of halogens is 2. The van der Waals surface area contributed by atoms with Crippen molar-refractivity contribution in [1.82, 2.24) is 15.5 Å². The van der Waals surface area contributed by atoms with Gasteiger partial charge >= 0.3 is 0 Å². The molecule has 3 rings (SSSR count). The van der Waals surface area contributed by atoms with E-state index in [0.29, 0.717) is 19.4 Å². The van der Waals surface area contributed by atoms with Gasteiger partial charge in [-0.3, -0.25) is 4.79 Å². The summed E-state index contributed by atoms with van der Waals surface area (Å²) in [6.07, 6.45) is 2.35. The van der Waals surface area contributed by atoms with Gasteiger partial charge in [-0.2, -0.15) is 5.10 Å². The number of hydrogen-bond donors (Lipinski definition) is 1. The lowest BCUT2D eigenvalue weighted by atomic mass is 9.85. The van der Waals surface area contributed by atoms with E-state index in [4.69, 9.17) is 0 Å². The number of aryl methyl sites for hydroxylation is 1. The first-order chi connectivity index (χ1) is 11.4. The maximum Gasteiger partial charge on any atom is 0.248 e. The van der Waals surface area contributed by atoms with Crippen molar-refractivity contribution >= 4 is 11.7 Å². The Bertz CT molecular complexity index is 578. The summed E-state index contributed by atoms with van der Waals surface area (Å²) in [7, 11) is 0. The number of anilines is 1. The van der Waals surface area contributed by atoms with Crippen molar-refractivity contribution in [3.05, 3.63) is 17.8 Å². The van der Waals surface area contributed by atoms with Gasteiger partial charge in [0.15, 0.2) is 5.82 Å². The van der Waals surface area contributed by atoms with E-state index in [1.165, 1.54) is 0 Å². The van der Waals surface area contributed by atoms with Crippen LogP contribution in [0.2, 0.25) is 0 Å². The fourth-order valence-electron chi connectivity index (χ4n) is 3.58. The zero-order valence-corrected chi connectivity index (χ0v) is 14.0. The van der Waals surface area contributed by atoms with E-state index in [1.54, 1.807) is 0 Å². The van der Waals surface area contributed by atoms with Crippen LogP contribution in [0, 0.1) is 12.8 Å². The van der Waals surface area contributed by atoms with Crippen LogP contribution in [0.15, 0.2) is 12.1 Å². The molecule has 2 atom stereocenters. The van der Waals surface area contributed by atoms with Gasteiger partial charge in [0, 0.05) is 37.9 Å². The fourth-order valence-corrected chi connectivity index (χ4v) is 3.58. The number of nitrogens with zero attached hydrogens (tertiary/aromatic N) is 3. The Labute approximate surface area is 140 Å².